The Hall–Kier alpha value is -0.580. The molecule has 0 fully saturated rings. The van der Waals surface area contributed by atoms with Crippen LogP contribution in [-0.2, 0) is 4.79 Å². The van der Waals surface area contributed by atoms with Gasteiger partial charge < -0.3 is 5.11 Å². The van der Waals surface area contributed by atoms with E-state index in [1.165, 1.54) is 11.3 Å². The number of carbonyl (C=O) groups is 1. The van der Waals surface area contributed by atoms with E-state index in [2.05, 4.69) is 0 Å². The lowest BCUT2D eigenvalue weighted by Gasteiger charge is -2.38. The van der Waals surface area contributed by atoms with Crippen LogP contribution in [0.3, 0.4) is 0 Å². The molecular formula is C12H18ClNO2S. The number of carboxylic acid groups (broad SMARTS) is 1. The first kappa shape index (κ1) is 14.5. The van der Waals surface area contributed by atoms with Crippen LogP contribution in [0.15, 0.2) is 12.1 Å². The minimum Gasteiger partial charge on any atom is -0.480 e. The number of aliphatic carboxylic acids is 1. The van der Waals surface area contributed by atoms with Crippen LogP contribution in [0.5, 0.6) is 0 Å². The molecule has 0 aliphatic heterocycles. The molecule has 3 nitrogen and oxygen atoms in total. The van der Waals surface area contributed by atoms with Gasteiger partial charge in [0, 0.05) is 10.9 Å². The molecule has 1 unspecified atom stereocenters. The topological polar surface area (TPSA) is 40.5 Å². The van der Waals surface area contributed by atoms with E-state index in [9.17, 15) is 9.90 Å². The van der Waals surface area contributed by atoms with E-state index in [-0.39, 0.29) is 6.04 Å². The van der Waals surface area contributed by atoms with Gasteiger partial charge in [-0.3, -0.25) is 9.69 Å². The van der Waals surface area contributed by atoms with Crippen molar-refractivity contribution >= 4 is 28.9 Å². The van der Waals surface area contributed by atoms with E-state index < -0.39 is 11.5 Å². The quantitative estimate of drug-likeness (QED) is 0.892. The summed E-state index contributed by atoms with van der Waals surface area (Å²) in [7, 11) is 0. The van der Waals surface area contributed by atoms with Crippen LogP contribution >= 0.6 is 22.9 Å². The summed E-state index contributed by atoms with van der Waals surface area (Å²) in [6.45, 7) is 8.11. The van der Waals surface area contributed by atoms with E-state index >= 15 is 0 Å². The number of thiophene rings is 1. The maximum Gasteiger partial charge on any atom is 0.323 e. The fourth-order valence-electron chi connectivity index (χ4n) is 1.98. The van der Waals surface area contributed by atoms with Gasteiger partial charge in [0.2, 0.25) is 0 Å². The van der Waals surface area contributed by atoms with E-state index in [1.807, 2.05) is 30.9 Å². The van der Waals surface area contributed by atoms with Gasteiger partial charge in [-0.05, 0) is 39.4 Å². The Morgan fingerprint density at radius 1 is 1.59 bits per heavy atom. The number of halogens is 1. The fraction of sp³-hybridized carbons (Fsp3) is 0.583. The Bertz CT molecular complexity index is 403. The Morgan fingerprint density at radius 2 is 2.18 bits per heavy atom. The van der Waals surface area contributed by atoms with Gasteiger partial charge in [-0.25, -0.2) is 0 Å². The van der Waals surface area contributed by atoms with Gasteiger partial charge in [0.05, 0.1) is 4.34 Å². The highest BCUT2D eigenvalue weighted by Gasteiger charge is 2.37. The molecule has 1 rings (SSSR count). The lowest BCUT2D eigenvalue weighted by atomic mass is 10.00. The van der Waals surface area contributed by atoms with Crippen molar-refractivity contribution in [2.45, 2.75) is 39.3 Å². The molecule has 1 heterocycles. The van der Waals surface area contributed by atoms with Crippen molar-refractivity contribution < 1.29 is 9.90 Å². The summed E-state index contributed by atoms with van der Waals surface area (Å²) in [4.78, 5) is 14.3. The van der Waals surface area contributed by atoms with E-state index in [1.54, 1.807) is 13.8 Å². The van der Waals surface area contributed by atoms with Crippen LogP contribution in [0.2, 0.25) is 4.34 Å². The number of nitrogens with zero attached hydrogens (tertiary/aromatic N) is 1. The third-order valence-electron chi connectivity index (χ3n) is 3.06. The first-order valence-electron chi connectivity index (χ1n) is 5.56. The molecule has 96 valence electrons. The summed E-state index contributed by atoms with van der Waals surface area (Å²) in [5.74, 6) is -0.811. The molecule has 0 aromatic carbocycles. The minimum atomic E-state index is -0.884. The molecule has 0 radical (unpaired) electrons. The van der Waals surface area contributed by atoms with Crippen molar-refractivity contribution in [3.8, 4) is 0 Å². The van der Waals surface area contributed by atoms with Gasteiger partial charge in [0.25, 0.3) is 0 Å². The third kappa shape index (κ3) is 3.00. The molecule has 0 saturated carbocycles. The van der Waals surface area contributed by atoms with Gasteiger partial charge >= 0.3 is 5.97 Å². The molecule has 0 spiro atoms. The zero-order valence-electron chi connectivity index (χ0n) is 10.5. The molecule has 1 N–H and O–H groups in total. The third-order valence-corrected chi connectivity index (χ3v) is 4.46. The Kier molecular flexibility index (Phi) is 4.58. The van der Waals surface area contributed by atoms with Crippen LogP contribution in [0.4, 0.5) is 0 Å². The normalized spacial score (nSPS) is 14.0. The molecule has 1 atom stereocenters. The second kappa shape index (κ2) is 5.38. The Balaban J connectivity index is 2.99. The monoisotopic (exact) mass is 275 g/mol. The molecule has 0 aliphatic rings. The maximum absolute atomic E-state index is 11.3. The van der Waals surface area contributed by atoms with Crippen LogP contribution in [0, 0.1) is 0 Å². The summed E-state index contributed by atoms with van der Waals surface area (Å²) in [6, 6.07) is 3.85. The molecule has 5 heteroatoms. The molecule has 0 aliphatic carbocycles. The SMILES string of the molecule is CCN(C(C)c1ccc(Cl)s1)C(C)(C)C(=O)O. The zero-order valence-corrected chi connectivity index (χ0v) is 12.1. The van der Waals surface area contributed by atoms with Gasteiger partial charge in [-0.1, -0.05) is 18.5 Å². The highest BCUT2D eigenvalue weighted by Crippen LogP contribution is 2.33. The summed E-state index contributed by atoms with van der Waals surface area (Å²) < 4.78 is 0.732. The van der Waals surface area contributed by atoms with Crippen molar-refractivity contribution in [2.24, 2.45) is 0 Å². The second-order valence-electron chi connectivity index (χ2n) is 4.47. The molecule has 17 heavy (non-hydrogen) atoms. The Morgan fingerprint density at radius 3 is 2.53 bits per heavy atom. The number of carboxylic acids is 1. The summed E-state index contributed by atoms with van der Waals surface area (Å²) in [5.41, 5.74) is -0.884. The second-order valence-corrected chi connectivity index (χ2v) is 6.21. The predicted molar refractivity (Wildman–Crippen MR) is 71.8 cm³/mol. The first-order chi connectivity index (χ1) is 7.80. The lowest BCUT2D eigenvalue weighted by molar-refractivity contribution is -0.150. The van der Waals surface area contributed by atoms with E-state index in [0.717, 1.165) is 9.21 Å². The number of hydrogen-bond donors (Lipinski definition) is 1. The number of rotatable bonds is 5. The molecule has 0 amide bonds. The summed E-state index contributed by atoms with van der Waals surface area (Å²) in [5, 5.41) is 9.28. The van der Waals surface area contributed by atoms with Crippen molar-refractivity contribution in [2.75, 3.05) is 6.54 Å². The average Bonchev–Trinajstić information content (AvgIpc) is 2.65. The van der Waals surface area contributed by atoms with Crippen LogP contribution in [-0.4, -0.2) is 28.1 Å². The first-order valence-corrected chi connectivity index (χ1v) is 6.75. The lowest BCUT2D eigenvalue weighted by Crippen LogP contribution is -2.50. The van der Waals surface area contributed by atoms with Crippen LogP contribution < -0.4 is 0 Å². The number of likely N-dealkylation sites (N-methyl/N-ethyl adjacent to an activating group) is 1. The van der Waals surface area contributed by atoms with Crippen molar-refractivity contribution in [1.29, 1.82) is 0 Å². The number of hydrogen-bond acceptors (Lipinski definition) is 3. The van der Waals surface area contributed by atoms with Crippen molar-refractivity contribution in [3.63, 3.8) is 0 Å². The van der Waals surface area contributed by atoms with E-state index in [0.29, 0.717) is 6.54 Å². The smallest absolute Gasteiger partial charge is 0.323 e. The highest BCUT2D eigenvalue weighted by molar-refractivity contribution is 7.16. The average molecular weight is 276 g/mol. The maximum atomic E-state index is 11.3. The molecular weight excluding hydrogens is 258 g/mol. The summed E-state index contributed by atoms with van der Waals surface area (Å²) >= 11 is 7.41. The minimum absolute atomic E-state index is 0.0450. The Labute approximate surface area is 111 Å². The van der Waals surface area contributed by atoms with Gasteiger partial charge in [-0.15, -0.1) is 11.3 Å². The molecule has 0 bridgehead atoms. The van der Waals surface area contributed by atoms with Crippen LogP contribution in [0.1, 0.15) is 38.6 Å². The van der Waals surface area contributed by atoms with Crippen molar-refractivity contribution in [1.82, 2.24) is 4.90 Å². The van der Waals surface area contributed by atoms with Gasteiger partial charge in [0.15, 0.2) is 0 Å². The highest BCUT2D eigenvalue weighted by atomic mass is 35.5. The standard InChI is InChI=1S/C12H18ClNO2S/c1-5-14(12(3,4)11(15)16)8(2)9-6-7-10(13)17-9/h6-8H,5H2,1-4H3,(H,15,16). The van der Waals surface area contributed by atoms with Crippen molar-refractivity contribution in [3.05, 3.63) is 21.3 Å². The zero-order chi connectivity index (χ0) is 13.2. The van der Waals surface area contributed by atoms with Gasteiger partial charge in [0.1, 0.15) is 5.54 Å². The van der Waals surface area contributed by atoms with Crippen LogP contribution in [0.25, 0.3) is 0 Å². The summed E-state index contributed by atoms with van der Waals surface area (Å²) in [6.07, 6.45) is 0. The van der Waals surface area contributed by atoms with Gasteiger partial charge in [-0.2, -0.15) is 0 Å². The largest absolute Gasteiger partial charge is 0.480 e. The predicted octanol–water partition coefficient (Wildman–Crippen LogP) is 3.65. The fourth-order valence-corrected chi connectivity index (χ4v) is 3.11. The molecule has 1 aromatic heterocycles. The molecule has 0 saturated heterocycles. The van der Waals surface area contributed by atoms with E-state index in [4.69, 9.17) is 11.6 Å². The molecule has 1 aromatic rings.